The number of hydrogen-bond acceptors (Lipinski definition) is 6. The van der Waals surface area contributed by atoms with Crippen LogP contribution < -0.4 is 19.5 Å². The van der Waals surface area contributed by atoms with E-state index >= 15 is 0 Å². The van der Waals surface area contributed by atoms with Crippen LogP contribution in [0.3, 0.4) is 0 Å². The van der Waals surface area contributed by atoms with Crippen LogP contribution in [0.15, 0.2) is 84.5 Å². The fourth-order valence-corrected chi connectivity index (χ4v) is 4.38. The molecule has 0 saturated carbocycles. The van der Waals surface area contributed by atoms with Crippen LogP contribution in [-0.4, -0.2) is 29.5 Å². The molecule has 2 aromatic heterocycles. The molecule has 0 radical (unpaired) electrons. The summed E-state index contributed by atoms with van der Waals surface area (Å²) in [7, 11) is 3.06. The lowest BCUT2D eigenvalue weighted by Gasteiger charge is -2.16. The van der Waals surface area contributed by atoms with Gasteiger partial charge in [0.05, 0.1) is 19.9 Å². The molecule has 8 heteroatoms. The minimum Gasteiger partial charge on any atom is -0.493 e. The summed E-state index contributed by atoms with van der Waals surface area (Å²) in [5.41, 5.74) is 3.93. The average Bonchev–Trinajstić information content (AvgIpc) is 3.51. The third-order valence-electron chi connectivity index (χ3n) is 5.48. The zero-order valence-electron chi connectivity index (χ0n) is 19.2. The van der Waals surface area contributed by atoms with E-state index in [4.69, 9.17) is 14.2 Å². The summed E-state index contributed by atoms with van der Waals surface area (Å²) in [4.78, 5) is 18.6. The SMILES string of the molecule is COc1cc(C(=O)Nc2ccc(-c3cn4ccsc4n3)cc2)cc(OC)c1OCc1ccccc1. The second kappa shape index (κ2) is 9.90. The summed E-state index contributed by atoms with van der Waals surface area (Å²) in [5, 5.41) is 4.92. The predicted octanol–water partition coefficient (Wildman–Crippen LogP) is 5.91. The number of nitrogens with zero attached hydrogens (tertiary/aromatic N) is 2. The molecule has 0 unspecified atom stereocenters. The number of imidazole rings is 1. The van der Waals surface area contributed by atoms with E-state index in [1.807, 2.05) is 76.8 Å². The highest BCUT2D eigenvalue weighted by Crippen LogP contribution is 2.39. The van der Waals surface area contributed by atoms with Crippen LogP contribution in [0.1, 0.15) is 15.9 Å². The number of fused-ring (bicyclic) bond motifs is 1. The summed E-state index contributed by atoms with van der Waals surface area (Å²) >= 11 is 1.59. The standard InChI is InChI=1S/C27H23N3O4S/c1-32-23-14-20(15-24(33-2)25(23)34-17-18-6-4-3-5-7-18)26(31)28-21-10-8-19(9-11-21)22-16-30-12-13-35-27(30)29-22/h3-16H,17H2,1-2H3,(H,28,31). The van der Waals surface area contributed by atoms with Crippen molar-refractivity contribution in [3.63, 3.8) is 0 Å². The van der Waals surface area contributed by atoms with Gasteiger partial charge in [-0.2, -0.15) is 0 Å². The van der Waals surface area contributed by atoms with Crippen LogP contribution >= 0.6 is 11.3 Å². The first-order chi connectivity index (χ1) is 17.1. The fourth-order valence-electron chi connectivity index (χ4n) is 3.68. The highest BCUT2D eigenvalue weighted by Gasteiger charge is 2.18. The molecule has 5 aromatic rings. The van der Waals surface area contributed by atoms with E-state index in [2.05, 4.69) is 10.3 Å². The van der Waals surface area contributed by atoms with Crippen molar-refractivity contribution in [2.24, 2.45) is 0 Å². The Kier molecular flexibility index (Phi) is 6.36. The maximum Gasteiger partial charge on any atom is 0.255 e. The summed E-state index contributed by atoms with van der Waals surface area (Å²) < 4.78 is 19.0. The third-order valence-corrected chi connectivity index (χ3v) is 6.25. The summed E-state index contributed by atoms with van der Waals surface area (Å²) in [6.07, 6.45) is 3.96. The summed E-state index contributed by atoms with van der Waals surface area (Å²) in [5.74, 6) is 0.993. The van der Waals surface area contributed by atoms with Crippen LogP contribution in [-0.2, 0) is 6.61 Å². The van der Waals surface area contributed by atoms with Gasteiger partial charge in [-0.05, 0) is 29.8 Å². The van der Waals surface area contributed by atoms with Gasteiger partial charge in [0.2, 0.25) is 5.75 Å². The quantitative estimate of drug-likeness (QED) is 0.296. The molecular weight excluding hydrogens is 462 g/mol. The van der Waals surface area contributed by atoms with E-state index in [1.54, 1.807) is 23.5 Å². The van der Waals surface area contributed by atoms with Crippen molar-refractivity contribution in [3.05, 3.63) is 95.6 Å². The average molecular weight is 486 g/mol. The first kappa shape index (κ1) is 22.5. The van der Waals surface area contributed by atoms with E-state index < -0.39 is 0 Å². The van der Waals surface area contributed by atoms with E-state index in [0.717, 1.165) is 21.8 Å². The number of benzene rings is 3. The molecule has 0 bridgehead atoms. The highest BCUT2D eigenvalue weighted by molar-refractivity contribution is 7.15. The van der Waals surface area contributed by atoms with Crippen molar-refractivity contribution in [3.8, 4) is 28.5 Å². The molecule has 0 atom stereocenters. The number of amides is 1. The molecule has 5 rings (SSSR count). The zero-order chi connectivity index (χ0) is 24.2. The summed E-state index contributed by atoms with van der Waals surface area (Å²) in [6.45, 7) is 0.347. The first-order valence-electron chi connectivity index (χ1n) is 10.9. The number of ether oxygens (including phenoxy) is 3. The lowest BCUT2D eigenvalue weighted by atomic mass is 10.1. The number of carbonyl (C=O) groups excluding carboxylic acids is 1. The van der Waals surface area contributed by atoms with Crippen LogP contribution in [0.5, 0.6) is 17.2 Å². The molecule has 2 heterocycles. The second-order valence-electron chi connectivity index (χ2n) is 7.73. The maximum absolute atomic E-state index is 13.0. The highest BCUT2D eigenvalue weighted by atomic mass is 32.1. The van der Waals surface area contributed by atoms with Gasteiger partial charge in [-0.25, -0.2) is 4.98 Å². The molecular formula is C27H23N3O4S. The largest absolute Gasteiger partial charge is 0.493 e. The molecule has 1 amide bonds. The normalized spacial score (nSPS) is 10.8. The molecule has 0 aliphatic heterocycles. The minimum atomic E-state index is -0.286. The molecule has 7 nitrogen and oxygen atoms in total. The van der Waals surface area contributed by atoms with Crippen molar-refractivity contribution >= 4 is 27.9 Å². The smallest absolute Gasteiger partial charge is 0.255 e. The molecule has 1 N–H and O–H groups in total. The van der Waals surface area contributed by atoms with Gasteiger partial charge in [0.1, 0.15) is 6.61 Å². The van der Waals surface area contributed by atoms with E-state index in [0.29, 0.717) is 35.1 Å². The molecule has 35 heavy (non-hydrogen) atoms. The number of aromatic nitrogens is 2. The van der Waals surface area contributed by atoms with Crippen LogP contribution in [0.2, 0.25) is 0 Å². The number of anilines is 1. The van der Waals surface area contributed by atoms with Crippen LogP contribution in [0.4, 0.5) is 5.69 Å². The van der Waals surface area contributed by atoms with Gasteiger partial charge >= 0.3 is 0 Å². The molecule has 176 valence electrons. The third kappa shape index (κ3) is 4.83. The Morgan fingerprint density at radius 2 is 1.71 bits per heavy atom. The Labute approximate surface area is 206 Å². The fraction of sp³-hybridized carbons (Fsp3) is 0.111. The van der Waals surface area contributed by atoms with Gasteiger partial charge < -0.3 is 19.5 Å². The van der Waals surface area contributed by atoms with Crippen molar-refractivity contribution in [2.75, 3.05) is 19.5 Å². The lowest BCUT2D eigenvalue weighted by molar-refractivity contribution is 0.102. The van der Waals surface area contributed by atoms with E-state index in [-0.39, 0.29) is 5.91 Å². The Bertz CT molecular complexity index is 1410. The Hall–Kier alpha value is -4.30. The van der Waals surface area contributed by atoms with Crippen molar-refractivity contribution < 1.29 is 19.0 Å². The van der Waals surface area contributed by atoms with Crippen molar-refractivity contribution in [2.45, 2.75) is 6.61 Å². The Balaban J connectivity index is 1.32. The number of rotatable bonds is 8. The van der Waals surface area contributed by atoms with Gasteiger partial charge in [0.25, 0.3) is 5.91 Å². The molecule has 0 aliphatic carbocycles. The molecule has 0 aliphatic rings. The number of nitrogens with one attached hydrogen (secondary N) is 1. The Morgan fingerprint density at radius 1 is 1.00 bits per heavy atom. The first-order valence-corrected chi connectivity index (χ1v) is 11.8. The van der Waals surface area contributed by atoms with Gasteiger partial charge in [-0.3, -0.25) is 9.20 Å². The lowest BCUT2D eigenvalue weighted by Crippen LogP contribution is -2.12. The molecule has 0 fully saturated rings. The van der Waals surface area contributed by atoms with E-state index in [1.165, 1.54) is 14.2 Å². The number of hydrogen-bond donors (Lipinski definition) is 1. The molecule has 0 saturated heterocycles. The van der Waals surface area contributed by atoms with Crippen molar-refractivity contribution in [1.29, 1.82) is 0 Å². The van der Waals surface area contributed by atoms with Crippen molar-refractivity contribution in [1.82, 2.24) is 9.38 Å². The van der Waals surface area contributed by atoms with Crippen LogP contribution in [0, 0.1) is 0 Å². The zero-order valence-corrected chi connectivity index (χ0v) is 20.0. The van der Waals surface area contributed by atoms with Gasteiger partial charge in [0, 0.05) is 34.6 Å². The topological polar surface area (TPSA) is 74.1 Å². The van der Waals surface area contributed by atoms with Gasteiger partial charge in [-0.1, -0.05) is 42.5 Å². The number of thiazole rings is 1. The monoisotopic (exact) mass is 485 g/mol. The molecule has 0 spiro atoms. The van der Waals surface area contributed by atoms with Crippen LogP contribution in [0.25, 0.3) is 16.2 Å². The predicted molar refractivity (Wildman–Crippen MR) is 137 cm³/mol. The number of methoxy groups -OCH3 is 2. The Morgan fingerprint density at radius 3 is 2.37 bits per heavy atom. The summed E-state index contributed by atoms with van der Waals surface area (Å²) in [6, 6.07) is 20.7. The minimum absolute atomic E-state index is 0.286. The maximum atomic E-state index is 13.0. The van der Waals surface area contributed by atoms with Gasteiger partial charge in [-0.15, -0.1) is 11.3 Å². The van der Waals surface area contributed by atoms with Gasteiger partial charge in [0.15, 0.2) is 16.5 Å². The second-order valence-corrected chi connectivity index (χ2v) is 8.61. The van der Waals surface area contributed by atoms with E-state index in [9.17, 15) is 4.79 Å². The molecule has 3 aromatic carbocycles. The number of carbonyl (C=O) groups is 1.